The molecule has 1 aromatic carbocycles. The van der Waals surface area contributed by atoms with Gasteiger partial charge in [-0.1, -0.05) is 0 Å². The van der Waals surface area contributed by atoms with E-state index in [2.05, 4.69) is 10.00 Å². The van der Waals surface area contributed by atoms with Gasteiger partial charge in [0.15, 0.2) is 17.4 Å². The molecule has 0 saturated carbocycles. The van der Waals surface area contributed by atoms with Gasteiger partial charge in [0, 0.05) is 63.3 Å². The highest BCUT2D eigenvalue weighted by molar-refractivity contribution is 5.77. The minimum atomic E-state index is -0.710. The summed E-state index contributed by atoms with van der Waals surface area (Å²) in [5.74, 6) is -0.900. The molecule has 1 amide bonds. The lowest BCUT2D eigenvalue weighted by atomic mass is 10.1. The minimum absolute atomic E-state index is 0.0495. The van der Waals surface area contributed by atoms with Crippen molar-refractivity contribution in [2.24, 2.45) is 0 Å². The molecule has 2 aromatic heterocycles. The normalized spacial score (nSPS) is 19.9. The van der Waals surface area contributed by atoms with E-state index in [1.165, 1.54) is 12.1 Å². The van der Waals surface area contributed by atoms with Crippen LogP contribution in [0.2, 0.25) is 0 Å². The number of anilines is 1. The lowest BCUT2D eigenvalue weighted by Gasteiger charge is -2.35. The van der Waals surface area contributed by atoms with Crippen LogP contribution in [0.5, 0.6) is 5.75 Å². The summed E-state index contributed by atoms with van der Waals surface area (Å²) in [5, 5.41) is 13.9. The fourth-order valence-corrected chi connectivity index (χ4v) is 5.54. The number of hydrogen-bond acceptors (Lipinski definition) is 8. The van der Waals surface area contributed by atoms with E-state index in [1.807, 2.05) is 10.9 Å². The molecule has 1 unspecified atom stereocenters. The predicted octanol–water partition coefficient (Wildman–Crippen LogP) is 3.24. The number of fused-ring (bicyclic) bond motifs is 1. The Morgan fingerprint density at radius 2 is 1.95 bits per heavy atom. The summed E-state index contributed by atoms with van der Waals surface area (Å²) in [6, 6.07) is 3.34. The summed E-state index contributed by atoms with van der Waals surface area (Å²) in [7, 11) is 0. The van der Waals surface area contributed by atoms with E-state index in [4.69, 9.17) is 19.4 Å². The molecule has 12 heteroatoms. The number of nitrogens with zero attached hydrogens (tertiary/aromatic N) is 6. The second-order valence-electron chi connectivity index (χ2n) is 10.4. The van der Waals surface area contributed by atoms with Crippen molar-refractivity contribution < 1.29 is 28.2 Å². The van der Waals surface area contributed by atoms with E-state index in [-0.39, 0.29) is 30.5 Å². The Kier molecular flexibility index (Phi) is 7.61. The van der Waals surface area contributed by atoms with Crippen molar-refractivity contribution in [3.63, 3.8) is 0 Å². The Bertz CT molecular complexity index is 1370. The van der Waals surface area contributed by atoms with Crippen molar-refractivity contribution in [3.05, 3.63) is 53.6 Å². The highest BCUT2D eigenvalue weighted by Crippen LogP contribution is 2.34. The SMILES string of the molecule is O=C(CO)N1CCc2nc(N3CCC(Oc4ccc(F)cc4F)CC3)c(-c3cnn(C4CCCCO4)c3)nc2C1. The Morgan fingerprint density at radius 3 is 2.70 bits per heavy atom. The van der Waals surface area contributed by atoms with E-state index < -0.39 is 18.2 Å². The van der Waals surface area contributed by atoms with Crippen LogP contribution in [0.15, 0.2) is 30.6 Å². The number of carbonyl (C=O) groups excluding carboxylic acids is 1. The van der Waals surface area contributed by atoms with Crippen LogP contribution < -0.4 is 9.64 Å². The number of halogens is 2. The van der Waals surface area contributed by atoms with E-state index >= 15 is 0 Å². The first-order valence-corrected chi connectivity index (χ1v) is 13.8. The number of hydrogen-bond donors (Lipinski definition) is 1. The summed E-state index contributed by atoms with van der Waals surface area (Å²) in [6.45, 7) is 2.15. The number of rotatable bonds is 6. The minimum Gasteiger partial charge on any atom is -0.487 e. The molecule has 3 aliphatic rings. The first kappa shape index (κ1) is 26.6. The largest absolute Gasteiger partial charge is 0.487 e. The van der Waals surface area contributed by atoms with E-state index in [9.17, 15) is 18.7 Å². The van der Waals surface area contributed by atoms with Crippen molar-refractivity contribution in [2.75, 3.05) is 37.7 Å². The van der Waals surface area contributed by atoms with Crippen molar-refractivity contribution in [2.45, 2.75) is 57.4 Å². The van der Waals surface area contributed by atoms with Crippen molar-refractivity contribution in [3.8, 4) is 17.0 Å². The molecule has 3 aliphatic heterocycles. The second kappa shape index (κ2) is 11.5. The van der Waals surface area contributed by atoms with Crippen LogP contribution >= 0.6 is 0 Å². The number of aliphatic hydroxyl groups excluding tert-OH is 1. The molecule has 212 valence electrons. The van der Waals surface area contributed by atoms with Crippen LogP contribution in [0.3, 0.4) is 0 Å². The predicted molar refractivity (Wildman–Crippen MR) is 141 cm³/mol. The van der Waals surface area contributed by atoms with Crippen LogP contribution in [0.1, 0.15) is 49.7 Å². The molecule has 10 nitrogen and oxygen atoms in total. The molecular formula is C28H32F2N6O4. The van der Waals surface area contributed by atoms with Gasteiger partial charge in [-0.2, -0.15) is 5.10 Å². The van der Waals surface area contributed by atoms with Gasteiger partial charge in [-0.25, -0.2) is 23.4 Å². The number of piperidine rings is 1. The zero-order valence-electron chi connectivity index (χ0n) is 22.1. The van der Waals surface area contributed by atoms with Crippen LogP contribution in [0.4, 0.5) is 14.6 Å². The summed E-state index contributed by atoms with van der Waals surface area (Å²) >= 11 is 0. The maximum atomic E-state index is 14.1. The molecule has 1 atom stereocenters. The summed E-state index contributed by atoms with van der Waals surface area (Å²) in [5.41, 5.74) is 3.01. The van der Waals surface area contributed by atoms with Gasteiger partial charge in [-0.3, -0.25) is 4.79 Å². The maximum absolute atomic E-state index is 14.1. The van der Waals surface area contributed by atoms with Crippen LogP contribution in [-0.2, 0) is 22.5 Å². The van der Waals surface area contributed by atoms with Gasteiger partial charge in [0.2, 0.25) is 5.91 Å². The first-order valence-electron chi connectivity index (χ1n) is 13.8. The van der Waals surface area contributed by atoms with E-state index in [0.717, 1.165) is 42.4 Å². The number of ether oxygens (including phenoxy) is 2. The van der Waals surface area contributed by atoms with Crippen molar-refractivity contribution in [1.82, 2.24) is 24.6 Å². The molecule has 0 radical (unpaired) electrons. The summed E-state index contributed by atoms with van der Waals surface area (Å²) < 4.78 is 41.0. The zero-order valence-corrected chi connectivity index (χ0v) is 22.1. The van der Waals surface area contributed by atoms with E-state index in [0.29, 0.717) is 56.9 Å². The summed E-state index contributed by atoms with van der Waals surface area (Å²) in [4.78, 5) is 26.0. The van der Waals surface area contributed by atoms with Crippen molar-refractivity contribution in [1.29, 1.82) is 0 Å². The number of aromatic nitrogens is 4. The van der Waals surface area contributed by atoms with Crippen molar-refractivity contribution >= 4 is 11.7 Å². The fraction of sp³-hybridized carbons (Fsp3) is 0.500. The smallest absolute Gasteiger partial charge is 0.248 e. The summed E-state index contributed by atoms with van der Waals surface area (Å²) in [6.07, 6.45) is 8.19. The number of carbonyl (C=O) groups is 1. The molecule has 5 heterocycles. The molecule has 3 aromatic rings. The first-order chi connectivity index (χ1) is 19.5. The Hall–Kier alpha value is -3.64. The Balaban J connectivity index is 1.26. The Labute approximate surface area is 230 Å². The topological polar surface area (TPSA) is 106 Å². The average Bonchev–Trinajstić information content (AvgIpc) is 3.48. The lowest BCUT2D eigenvalue weighted by molar-refractivity contribution is -0.135. The van der Waals surface area contributed by atoms with Crippen LogP contribution in [0.25, 0.3) is 11.3 Å². The number of aliphatic hydroxyl groups is 1. The van der Waals surface area contributed by atoms with Gasteiger partial charge in [-0.05, 0) is 31.4 Å². The molecule has 0 aliphatic carbocycles. The van der Waals surface area contributed by atoms with Crippen LogP contribution in [-0.4, -0.2) is 74.6 Å². The second-order valence-corrected chi connectivity index (χ2v) is 10.4. The third-order valence-electron chi connectivity index (χ3n) is 7.73. The van der Waals surface area contributed by atoms with Gasteiger partial charge >= 0.3 is 0 Å². The third kappa shape index (κ3) is 5.50. The highest BCUT2D eigenvalue weighted by Gasteiger charge is 2.30. The maximum Gasteiger partial charge on any atom is 0.248 e. The van der Waals surface area contributed by atoms with Gasteiger partial charge in [-0.15, -0.1) is 0 Å². The van der Waals surface area contributed by atoms with Gasteiger partial charge in [0.1, 0.15) is 30.4 Å². The monoisotopic (exact) mass is 554 g/mol. The van der Waals surface area contributed by atoms with Gasteiger partial charge in [0.25, 0.3) is 0 Å². The third-order valence-corrected chi connectivity index (χ3v) is 7.73. The molecule has 40 heavy (non-hydrogen) atoms. The molecule has 6 rings (SSSR count). The molecule has 2 saturated heterocycles. The molecule has 0 spiro atoms. The number of amides is 1. The average molecular weight is 555 g/mol. The Morgan fingerprint density at radius 1 is 1.10 bits per heavy atom. The molecular weight excluding hydrogens is 522 g/mol. The van der Waals surface area contributed by atoms with Gasteiger partial charge < -0.3 is 24.4 Å². The highest BCUT2D eigenvalue weighted by atomic mass is 19.1. The molecule has 0 bridgehead atoms. The quantitative estimate of drug-likeness (QED) is 0.495. The van der Waals surface area contributed by atoms with E-state index in [1.54, 1.807) is 11.1 Å². The lowest BCUT2D eigenvalue weighted by Crippen LogP contribution is -2.41. The number of benzene rings is 1. The fourth-order valence-electron chi connectivity index (χ4n) is 5.54. The van der Waals surface area contributed by atoms with Crippen LogP contribution in [0, 0.1) is 11.6 Å². The molecule has 1 N–H and O–H groups in total. The standard InChI is InChI=1S/C28H32F2N6O4/c29-19-4-5-24(21(30)13-19)40-20-6-9-34(10-7-20)28-27(18-14-31-36(15-18)26-3-1-2-12-39-26)32-23-16-35(25(38)17-37)11-8-22(23)33-28/h4-5,13-15,20,26,37H,1-3,6-12,16-17H2. The van der Waals surface area contributed by atoms with Gasteiger partial charge in [0.05, 0.1) is 24.1 Å². The molecule has 2 fully saturated rings. The zero-order chi connectivity index (χ0) is 27.6.